The van der Waals surface area contributed by atoms with Gasteiger partial charge in [-0.1, -0.05) is 121 Å². The lowest BCUT2D eigenvalue weighted by atomic mass is 10.1. The fourth-order valence-corrected chi connectivity index (χ4v) is 8.45. The standard InChI is InChI=1S/C48H28N6OS/c1-4-13-29(14-5-1)43-49-44(30-15-6-2-7-16-30)51-46(50-43)33-24-26-41-38(28-33)35-20-12-21-36(42(35)56-41)48-53-45(31-17-8-3-9-18-31)52-47(54-48)32-23-25-40-37(27-32)34-19-10-11-22-39(34)55-40/h1-28H. The number of para-hydroxylation sites is 1. The van der Waals surface area contributed by atoms with E-state index in [-0.39, 0.29) is 0 Å². The number of furan rings is 1. The fraction of sp³-hybridized carbons (Fsp3) is 0. The summed E-state index contributed by atoms with van der Waals surface area (Å²) in [6.07, 6.45) is 0. The molecule has 0 radical (unpaired) electrons. The number of fused-ring (bicyclic) bond motifs is 6. The summed E-state index contributed by atoms with van der Waals surface area (Å²) in [5.74, 6) is 3.70. The first-order valence-corrected chi connectivity index (χ1v) is 19.1. The molecule has 0 N–H and O–H groups in total. The van der Waals surface area contributed by atoms with Gasteiger partial charge in [0.15, 0.2) is 34.9 Å². The second-order valence-electron chi connectivity index (χ2n) is 13.5. The molecule has 8 heteroatoms. The average Bonchev–Trinajstić information content (AvgIpc) is 3.85. The van der Waals surface area contributed by atoms with Gasteiger partial charge in [0.05, 0.1) is 0 Å². The number of rotatable bonds is 6. The van der Waals surface area contributed by atoms with Crippen molar-refractivity contribution in [2.45, 2.75) is 0 Å². The molecular weight excluding hydrogens is 709 g/mol. The highest BCUT2D eigenvalue weighted by atomic mass is 32.1. The third kappa shape index (κ3) is 5.59. The van der Waals surface area contributed by atoms with Crippen molar-refractivity contribution in [2.24, 2.45) is 0 Å². The van der Waals surface area contributed by atoms with Crippen LogP contribution in [0.25, 0.3) is 110 Å². The van der Waals surface area contributed by atoms with Crippen LogP contribution in [0.1, 0.15) is 0 Å². The second kappa shape index (κ2) is 13.2. The maximum Gasteiger partial charge on any atom is 0.165 e. The van der Waals surface area contributed by atoms with E-state index in [1.807, 2.05) is 121 Å². The molecule has 0 aliphatic rings. The van der Waals surface area contributed by atoms with Crippen LogP contribution in [0.2, 0.25) is 0 Å². The van der Waals surface area contributed by atoms with Gasteiger partial charge in [-0.25, -0.2) is 29.9 Å². The molecule has 7 nitrogen and oxygen atoms in total. The Balaban J connectivity index is 1.07. The summed E-state index contributed by atoms with van der Waals surface area (Å²) in [4.78, 5) is 30.2. The molecule has 11 aromatic rings. The zero-order chi connectivity index (χ0) is 37.0. The quantitative estimate of drug-likeness (QED) is 0.168. The van der Waals surface area contributed by atoms with E-state index in [1.54, 1.807) is 11.3 Å². The minimum Gasteiger partial charge on any atom is -0.456 e. The topological polar surface area (TPSA) is 90.5 Å². The third-order valence-corrected chi connectivity index (χ3v) is 11.2. The molecule has 0 saturated carbocycles. The summed E-state index contributed by atoms with van der Waals surface area (Å²) < 4.78 is 8.37. The Labute approximate surface area is 324 Å². The molecule has 4 heterocycles. The van der Waals surface area contributed by atoms with Gasteiger partial charge in [0.1, 0.15) is 11.2 Å². The molecule has 0 aliphatic heterocycles. The van der Waals surface area contributed by atoms with Gasteiger partial charge in [-0.05, 0) is 48.5 Å². The van der Waals surface area contributed by atoms with E-state index >= 15 is 0 Å². The van der Waals surface area contributed by atoms with E-state index in [2.05, 4.69) is 48.5 Å². The lowest BCUT2D eigenvalue weighted by Gasteiger charge is -2.09. The van der Waals surface area contributed by atoms with Crippen LogP contribution in [-0.2, 0) is 0 Å². The minimum atomic E-state index is 0.597. The smallest absolute Gasteiger partial charge is 0.165 e. The first kappa shape index (κ1) is 32.0. The fourth-order valence-electron chi connectivity index (χ4n) is 7.26. The Morgan fingerprint density at radius 3 is 1.39 bits per heavy atom. The zero-order valence-corrected chi connectivity index (χ0v) is 30.5. The predicted molar refractivity (Wildman–Crippen MR) is 226 cm³/mol. The number of benzene rings is 7. The number of thiophene rings is 1. The van der Waals surface area contributed by atoms with Crippen molar-refractivity contribution in [3.05, 3.63) is 170 Å². The largest absolute Gasteiger partial charge is 0.456 e. The Bertz CT molecular complexity index is 3200. The van der Waals surface area contributed by atoms with Crippen LogP contribution in [0, 0.1) is 0 Å². The molecule has 0 amide bonds. The van der Waals surface area contributed by atoms with Crippen molar-refractivity contribution in [2.75, 3.05) is 0 Å². The molecule has 262 valence electrons. The van der Waals surface area contributed by atoms with Crippen molar-refractivity contribution in [3.63, 3.8) is 0 Å². The van der Waals surface area contributed by atoms with Crippen LogP contribution in [0.4, 0.5) is 0 Å². The number of aromatic nitrogens is 6. The van der Waals surface area contributed by atoms with Crippen LogP contribution in [0.5, 0.6) is 0 Å². The lowest BCUT2D eigenvalue weighted by Crippen LogP contribution is -2.00. The molecule has 0 fully saturated rings. The van der Waals surface area contributed by atoms with Gasteiger partial charge in [-0.3, -0.25) is 0 Å². The van der Waals surface area contributed by atoms with Crippen LogP contribution >= 0.6 is 11.3 Å². The SMILES string of the molecule is c1ccc(-c2nc(-c3ccccc3)nc(-c3ccc4sc5c(-c6nc(-c7ccccc7)nc(-c7ccc8oc9ccccc9c8c7)n6)cccc5c4c3)n2)cc1. The van der Waals surface area contributed by atoms with E-state index in [0.29, 0.717) is 34.9 Å². The van der Waals surface area contributed by atoms with Crippen LogP contribution in [-0.4, -0.2) is 29.9 Å². The van der Waals surface area contributed by atoms with Gasteiger partial charge in [-0.15, -0.1) is 11.3 Å². The molecular formula is C48H28N6OS. The highest BCUT2D eigenvalue weighted by Crippen LogP contribution is 2.41. The third-order valence-electron chi connectivity index (χ3n) is 10.00. The molecule has 7 aromatic carbocycles. The molecule has 0 spiro atoms. The number of nitrogens with zero attached hydrogens (tertiary/aromatic N) is 6. The normalized spacial score (nSPS) is 11.6. The van der Waals surface area contributed by atoms with E-state index in [1.165, 1.54) is 0 Å². The Hall–Kier alpha value is -7.42. The van der Waals surface area contributed by atoms with Gasteiger partial charge in [0.2, 0.25) is 0 Å². The summed E-state index contributed by atoms with van der Waals surface area (Å²) in [6, 6.07) is 57.2. The van der Waals surface area contributed by atoms with Crippen LogP contribution in [0.3, 0.4) is 0 Å². The Kier molecular flexibility index (Phi) is 7.53. The van der Waals surface area contributed by atoms with Gasteiger partial charge in [-0.2, -0.15) is 0 Å². The molecule has 0 saturated heterocycles. The molecule has 56 heavy (non-hydrogen) atoms. The van der Waals surface area contributed by atoms with Crippen molar-refractivity contribution in [3.8, 4) is 68.3 Å². The summed E-state index contributed by atoms with van der Waals surface area (Å²) in [6.45, 7) is 0. The number of hydrogen-bond donors (Lipinski definition) is 0. The van der Waals surface area contributed by atoms with Crippen LogP contribution < -0.4 is 0 Å². The monoisotopic (exact) mass is 736 g/mol. The highest BCUT2D eigenvalue weighted by Gasteiger charge is 2.19. The molecule has 0 aliphatic carbocycles. The van der Waals surface area contributed by atoms with E-state index < -0.39 is 0 Å². The Morgan fingerprint density at radius 1 is 0.321 bits per heavy atom. The van der Waals surface area contributed by atoms with Crippen molar-refractivity contribution in [1.82, 2.24) is 29.9 Å². The zero-order valence-electron chi connectivity index (χ0n) is 29.7. The van der Waals surface area contributed by atoms with Gasteiger partial charge in [0, 0.05) is 64.3 Å². The first-order chi connectivity index (χ1) is 27.7. The molecule has 0 unspecified atom stereocenters. The molecule has 11 rings (SSSR count). The number of hydrogen-bond acceptors (Lipinski definition) is 8. The molecule has 0 atom stereocenters. The minimum absolute atomic E-state index is 0.597. The average molecular weight is 737 g/mol. The maximum absolute atomic E-state index is 6.13. The molecule has 4 aromatic heterocycles. The first-order valence-electron chi connectivity index (χ1n) is 18.3. The van der Waals surface area contributed by atoms with Crippen molar-refractivity contribution in [1.29, 1.82) is 0 Å². The van der Waals surface area contributed by atoms with Gasteiger partial charge < -0.3 is 4.42 Å². The van der Waals surface area contributed by atoms with Crippen molar-refractivity contribution >= 4 is 53.4 Å². The Morgan fingerprint density at radius 2 is 0.786 bits per heavy atom. The second-order valence-corrected chi connectivity index (χ2v) is 14.6. The van der Waals surface area contributed by atoms with Crippen LogP contribution in [0.15, 0.2) is 174 Å². The van der Waals surface area contributed by atoms with Crippen molar-refractivity contribution < 1.29 is 4.42 Å². The van der Waals surface area contributed by atoms with Gasteiger partial charge >= 0.3 is 0 Å². The van der Waals surface area contributed by atoms with E-state index in [9.17, 15) is 0 Å². The van der Waals surface area contributed by atoms with E-state index in [4.69, 9.17) is 34.3 Å². The van der Waals surface area contributed by atoms with Gasteiger partial charge in [0.25, 0.3) is 0 Å². The predicted octanol–water partition coefficient (Wildman–Crippen LogP) is 12.3. The summed E-state index contributed by atoms with van der Waals surface area (Å²) in [7, 11) is 0. The van der Waals surface area contributed by atoms with E-state index in [0.717, 1.165) is 75.5 Å². The maximum atomic E-state index is 6.13. The summed E-state index contributed by atoms with van der Waals surface area (Å²) in [5, 5.41) is 4.30. The molecule has 0 bridgehead atoms. The summed E-state index contributed by atoms with van der Waals surface area (Å²) >= 11 is 1.73. The highest BCUT2D eigenvalue weighted by molar-refractivity contribution is 7.26. The lowest BCUT2D eigenvalue weighted by molar-refractivity contribution is 0.669. The summed E-state index contributed by atoms with van der Waals surface area (Å²) in [5.41, 5.74) is 7.21.